The highest BCUT2D eigenvalue weighted by Crippen LogP contribution is 2.53. The SMILES string of the molecule is CC1(C)c2ccccc2-c2ccc(-c3cc4sc5cc(-c6ccc7c(c6)C(C)(C)c6ccccc6-7)c(-c6ccccc6)cc5c4cc3-c3ccccc3)cc21. The standard InChI is InChI=1S/C54H40S/c1-53(2)47-21-13-11-19-37(47)39-25-23-35(27-49(39)53)43-31-51-45(29-41(43)33-15-7-5-8-16-33)46-30-42(34-17-9-6-10-18-34)44(32-52(46)55-51)36-24-26-40-38-20-12-14-22-48(38)54(3,4)50(40)28-36/h5-32H,1-4H3. The number of fused-ring (bicyclic) bond motifs is 9. The van der Waals surface area contributed by atoms with Crippen molar-refractivity contribution >= 4 is 31.5 Å². The monoisotopic (exact) mass is 720 g/mol. The van der Waals surface area contributed by atoms with Gasteiger partial charge in [0.2, 0.25) is 0 Å². The molecule has 0 bridgehead atoms. The van der Waals surface area contributed by atoms with Crippen molar-refractivity contribution in [3.63, 3.8) is 0 Å². The molecule has 2 aliphatic carbocycles. The van der Waals surface area contributed by atoms with Crippen LogP contribution in [0.1, 0.15) is 49.9 Å². The molecule has 0 radical (unpaired) electrons. The van der Waals surface area contributed by atoms with Crippen molar-refractivity contribution in [3.05, 3.63) is 192 Å². The number of thiophene rings is 1. The summed E-state index contributed by atoms with van der Waals surface area (Å²) < 4.78 is 2.63. The number of hydrogen-bond acceptors (Lipinski definition) is 1. The van der Waals surface area contributed by atoms with Gasteiger partial charge in [-0.3, -0.25) is 0 Å². The lowest BCUT2D eigenvalue weighted by atomic mass is 9.81. The highest BCUT2D eigenvalue weighted by molar-refractivity contribution is 7.25. The maximum Gasteiger partial charge on any atom is 0.0362 e. The highest BCUT2D eigenvalue weighted by Gasteiger charge is 2.36. The summed E-state index contributed by atoms with van der Waals surface area (Å²) in [5.74, 6) is 0. The summed E-state index contributed by atoms with van der Waals surface area (Å²) in [6, 6.07) is 64.0. The summed E-state index contributed by atoms with van der Waals surface area (Å²) in [7, 11) is 0. The summed E-state index contributed by atoms with van der Waals surface area (Å²) in [6.45, 7) is 9.49. The van der Waals surface area contributed by atoms with Crippen LogP contribution in [0.4, 0.5) is 0 Å². The van der Waals surface area contributed by atoms with E-state index in [2.05, 4.69) is 198 Å². The fourth-order valence-electron chi connectivity index (χ4n) is 9.80. The number of rotatable bonds is 4. The van der Waals surface area contributed by atoms with Crippen LogP contribution in [-0.2, 0) is 10.8 Å². The molecule has 0 saturated heterocycles. The molecule has 55 heavy (non-hydrogen) atoms. The Kier molecular flexibility index (Phi) is 6.92. The van der Waals surface area contributed by atoms with Gasteiger partial charge in [0.15, 0.2) is 0 Å². The van der Waals surface area contributed by atoms with Crippen LogP contribution in [0.15, 0.2) is 170 Å². The molecule has 1 aromatic heterocycles. The first-order valence-corrected chi connectivity index (χ1v) is 20.2. The van der Waals surface area contributed by atoms with Gasteiger partial charge in [0.1, 0.15) is 0 Å². The van der Waals surface area contributed by atoms with Crippen molar-refractivity contribution in [1.29, 1.82) is 0 Å². The molecule has 0 aliphatic heterocycles. The van der Waals surface area contributed by atoms with E-state index >= 15 is 0 Å². The van der Waals surface area contributed by atoms with Crippen molar-refractivity contribution < 1.29 is 0 Å². The minimum atomic E-state index is -0.0592. The van der Waals surface area contributed by atoms with Gasteiger partial charge in [-0.1, -0.05) is 161 Å². The molecule has 0 N–H and O–H groups in total. The molecular weight excluding hydrogens is 681 g/mol. The van der Waals surface area contributed by atoms with Gasteiger partial charge >= 0.3 is 0 Å². The first-order valence-electron chi connectivity index (χ1n) is 19.4. The highest BCUT2D eigenvalue weighted by atomic mass is 32.1. The van der Waals surface area contributed by atoms with Crippen molar-refractivity contribution in [2.24, 2.45) is 0 Å². The topological polar surface area (TPSA) is 0 Å². The predicted octanol–water partition coefficient (Wildman–Crippen LogP) is 15.3. The Morgan fingerprint density at radius 3 is 1.09 bits per heavy atom. The maximum absolute atomic E-state index is 2.47. The summed E-state index contributed by atoms with van der Waals surface area (Å²) in [4.78, 5) is 0. The second kappa shape index (κ2) is 11.7. The Morgan fingerprint density at radius 2 is 0.655 bits per heavy atom. The molecule has 0 nitrogen and oxygen atoms in total. The van der Waals surface area contributed by atoms with Crippen molar-refractivity contribution in [1.82, 2.24) is 0 Å². The molecule has 1 heterocycles. The van der Waals surface area contributed by atoms with Gasteiger partial charge in [0.25, 0.3) is 0 Å². The van der Waals surface area contributed by atoms with E-state index in [1.165, 1.54) is 109 Å². The largest absolute Gasteiger partial charge is 0.135 e. The first-order chi connectivity index (χ1) is 26.8. The van der Waals surface area contributed by atoms with Crippen molar-refractivity contribution in [2.75, 3.05) is 0 Å². The van der Waals surface area contributed by atoms with Gasteiger partial charge in [0, 0.05) is 31.0 Å². The third-order valence-corrected chi connectivity index (χ3v) is 13.8. The molecule has 9 aromatic rings. The summed E-state index contributed by atoms with van der Waals surface area (Å²) >= 11 is 1.92. The molecule has 8 aromatic carbocycles. The van der Waals surface area contributed by atoms with E-state index < -0.39 is 0 Å². The summed E-state index contributed by atoms with van der Waals surface area (Å²) in [5, 5.41) is 2.62. The molecule has 0 amide bonds. The smallest absolute Gasteiger partial charge is 0.0362 e. The average molecular weight is 721 g/mol. The van der Waals surface area contributed by atoms with Crippen molar-refractivity contribution in [2.45, 2.75) is 38.5 Å². The Bertz CT molecular complexity index is 2810. The van der Waals surface area contributed by atoms with Crippen LogP contribution < -0.4 is 0 Å². The fourth-order valence-corrected chi connectivity index (χ4v) is 11.0. The second-order valence-corrected chi connectivity index (χ2v) is 17.6. The maximum atomic E-state index is 2.47. The number of hydrogen-bond donors (Lipinski definition) is 0. The first kappa shape index (κ1) is 32.4. The van der Waals surface area contributed by atoms with Gasteiger partial charge in [-0.25, -0.2) is 0 Å². The van der Waals surface area contributed by atoms with E-state index in [0.29, 0.717) is 0 Å². The van der Waals surface area contributed by atoms with E-state index in [1.54, 1.807) is 0 Å². The molecule has 1 heteroatoms. The Labute approximate surface area is 327 Å². The molecule has 0 spiro atoms. The van der Waals surface area contributed by atoms with Gasteiger partial charge in [-0.2, -0.15) is 0 Å². The minimum absolute atomic E-state index is 0.0592. The Morgan fingerprint density at radius 1 is 0.291 bits per heavy atom. The molecule has 0 unspecified atom stereocenters. The minimum Gasteiger partial charge on any atom is -0.135 e. The fraction of sp³-hybridized carbons (Fsp3) is 0.111. The summed E-state index contributed by atoms with van der Waals surface area (Å²) in [5.41, 5.74) is 21.1. The van der Waals surface area contributed by atoms with Gasteiger partial charge in [0.05, 0.1) is 0 Å². The molecule has 0 saturated carbocycles. The van der Waals surface area contributed by atoms with Crippen LogP contribution in [0, 0.1) is 0 Å². The molecule has 11 rings (SSSR count). The van der Waals surface area contributed by atoms with E-state index in [9.17, 15) is 0 Å². The molecule has 0 atom stereocenters. The zero-order chi connectivity index (χ0) is 37.1. The Hall–Kier alpha value is -6.02. The second-order valence-electron chi connectivity index (χ2n) is 16.5. The van der Waals surface area contributed by atoms with Crippen LogP contribution >= 0.6 is 11.3 Å². The zero-order valence-electron chi connectivity index (χ0n) is 31.6. The molecule has 0 fully saturated rings. The van der Waals surface area contributed by atoms with Gasteiger partial charge in [-0.15, -0.1) is 11.3 Å². The normalized spacial score (nSPS) is 14.5. The van der Waals surface area contributed by atoms with Crippen LogP contribution in [0.5, 0.6) is 0 Å². The van der Waals surface area contributed by atoms with Gasteiger partial charge < -0.3 is 0 Å². The van der Waals surface area contributed by atoms with Crippen LogP contribution in [0.3, 0.4) is 0 Å². The third-order valence-electron chi connectivity index (χ3n) is 12.7. The van der Waals surface area contributed by atoms with Crippen LogP contribution in [0.25, 0.3) is 86.9 Å². The lowest BCUT2D eigenvalue weighted by molar-refractivity contribution is 0.660. The summed E-state index contributed by atoms with van der Waals surface area (Å²) in [6.07, 6.45) is 0. The lowest BCUT2D eigenvalue weighted by Crippen LogP contribution is -2.14. The predicted molar refractivity (Wildman–Crippen MR) is 236 cm³/mol. The van der Waals surface area contributed by atoms with Crippen LogP contribution in [0.2, 0.25) is 0 Å². The molecule has 262 valence electrons. The van der Waals surface area contributed by atoms with E-state index in [-0.39, 0.29) is 10.8 Å². The van der Waals surface area contributed by atoms with E-state index in [0.717, 1.165) is 0 Å². The zero-order valence-corrected chi connectivity index (χ0v) is 32.4. The Balaban J connectivity index is 1.13. The quantitative estimate of drug-likeness (QED) is 0.170. The number of benzene rings is 8. The van der Waals surface area contributed by atoms with Crippen molar-refractivity contribution in [3.8, 4) is 66.8 Å². The third kappa shape index (κ3) is 4.76. The average Bonchev–Trinajstić information content (AvgIpc) is 3.78. The molecular formula is C54H40S. The van der Waals surface area contributed by atoms with E-state index in [1.807, 2.05) is 11.3 Å². The van der Waals surface area contributed by atoms with E-state index in [4.69, 9.17) is 0 Å². The van der Waals surface area contributed by atoms with Crippen LogP contribution in [-0.4, -0.2) is 0 Å². The molecule has 2 aliphatic rings. The van der Waals surface area contributed by atoms with Gasteiger partial charge in [-0.05, 0) is 125 Å². The lowest BCUT2D eigenvalue weighted by Gasteiger charge is -2.22.